The number of aryl methyl sites for hydroxylation is 3. The molecule has 5 aromatic carbocycles. The van der Waals surface area contributed by atoms with Crippen molar-refractivity contribution in [2.24, 2.45) is 29.6 Å². The molecule has 10 atom stereocenters. The van der Waals surface area contributed by atoms with Crippen molar-refractivity contribution in [1.82, 2.24) is 15.2 Å². The highest BCUT2D eigenvalue weighted by molar-refractivity contribution is 5.89. The lowest BCUT2D eigenvalue weighted by atomic mass is 9.45. The van der Waals surface area contributed by atoms with E-state index in [1.54, 1.807) is 24.3 Å². The number of aliphatic hydroxyl groups is 3. The number of ether oxygens (including phenoxy) is 4. The third-order valence-electron chi connectivity index (χ3n) is 23.1. The second-order valence-electron chi connectivity index (χ2n) is 29.0. The zero-order valence-electron chi connectivity index (χ0n) is 54.7. The molecule has 9 aliphatic rings. The predicted octanol–water partition coefficient (Wildman–Crippen LogP) is 13.6. The van der Waals surface area contributed by atoms with E-state index >= 15 is 0 Å². The maximum absolute atomic E-state index is 12.9. The molecule has 492 valence electrons. The Morgan fingerprint density at radius 3 is 2.53 bits per heavy atom. The molecule has 13 heteroatoms. The molecule has 13 nitrogen and oxygen atoms in total. The topological polar surface area (TPSA) is 187 Å². The van der Waals surface area contributed by atoms with Crippen LogP contribution in [0.15, 0.2) is 108 Å². The summed E-state index contributed by atoms with van der Waals surface area (Å²) in [6.45, 7) is 6.19. The molecular weight excluding hydrogens is 1160 g/mol. The van der Waals surface area contributed by atoms with E-state index in [1.165, 1.54) is 41.5 Å². The number of nitrogens with one attached hydrogen (secondary N) is 2. The molecule has 1 saturated carbocycles. The van der Waals surface area contributed by atoms with Crippen LogP contribution < -0.4 is 15.4 Å². The van der Waals surface area contributed by atoms with Gasteiger partial charge in [-0.2, -0.15) is 0 Å². The molecule has 6 aromatic rings. The first-order valence-electron chi connectivity index (χ1n) is 35.5. The Morgan fingerprint density at radius 1 is 0.849 bits per heavy atom. The van der Waals surface area contributed by atoms with Gasteiger partial charge in [-0.05, 0) is 218 Å². The van der Waals surface area contributed by atoms with Crippen molar-refractivity contribution in [3.63, 3.8) is 0 Å². The monoisotopic (exact) mass is 1260 g/mol. The minimum atomic E-state index is -0.714. The van der Waals surface area contributed by atoms with Crippen LogP contribution in [0.4, 0.5) is 0 Å². The van der Waals surface area contributed by atoms with Crippen LogP contribution >= 0.6 is 0 Å². The number of aliphatic hydroxyl groups excluding tert-OH is 3. The standard InChI is InChI=1S/C80H97N3O10/c1-3-11-50(2)32-59-36-58-39-67-61(45-85)40-72(89)77(75(59)67)92-46-62-38-64(80-63-25-23-54-14-9-15-55(76(54)80)24-27-73(80)79(93-47-63)28-5-4-6-29-79)37-60-43-83(44-68(60)62)78-69-48-91-66(42-71(58)88)17-8-12-51(20-22-56(69)41-74(82-78)81-49-90-31-10-30-84)18-19-52-21-26-70(87)57(33-52)34-53-13-7-16-65(86)35-53/h7,9,13-16,21,26,33,35,37-38,40-41,43-44,50-51,58-59,63,66,71,73-74,81-82,84-89H,3-6,8,10-12,17-19,23-25,27-32,34,36,39,42,45-49H2,1-2H3. The molecule has 93 heavy (non-hydrogen) atoms. The Labute approximate surface area is 549 Å². The zero-order chi connectivity index (χ0) is 63.8. The highest BCUT2D eigenvalue weighted by Gasteiger charge is 2.63. The summed E-state index contributed by atoms with van der Waals surface area (Å²) in [6, 6.07) is 26.9. The quantitative estimate of drug-likeness (QED) is 0.0246. The number of phenolic OH excluding ortho intramolecular Hbond substituents is 3. The van der Waals surface area contributed by atoms with Gasteiger partial charge in [0.25, 0.3) is 0 Å². The van der Waals surface area contributed by atoms with Crippen LogP contribution in [0.3, 0.4) is 0 Å². The third kappa shape index (κ3) is 12.7. The van der Waals surface area contributed by atoms with E-state index in [2.05, 4.69) is 95.8 Å². The molecule has 1 saturated heterocycles. The van der Waals surface area contributed by atoms with Gasteiger partial charge in [0.15, 0.2) is 11.5 Å². The first-order valence-corrected chi connectivity index (χ1v) is 35.5. The van der Waals surface area contributed by atoms with Gasteiger partial charge in [0.05, 0.1) is 51.0 Å². The lowest BCUT2D eigenvalue weighted by Crippen LogP contribution is -2.64. The van der Waals surface area contributed by atoms with Crippen LogP contribution in [0.1, 0.15) is 190 Å². The molecule has 8 N–H and O–H groups in total. The van der Waals surface area contributed by atoms with Crippen molar-refractivity contribution in [2.45, 2.75) is 204 Å². The van der Waals surface area contributed by atoms with Gasteiger partial charge < -0.3 is 59.5 Å². The first-order chi connectivity index (χ1) is 45.4. The molecule has 0 amide bonds. The van der Waals surface area contributed by atoms with E-state index in [-0.39, 0.29) is 97.1 Å². The number of nitrogens with zero attached hydrogens (tertiary/aromatic N) is 1. The van der Waals surface area contributed by atoms with Gasteiger partial charge in [-0.1, -0.05) is 106 Å². The number of aromatic hydroxyl groups is 3. The second-order valence-corrected chi connectivity index (χ2v) is 29.0. The number of rotatable bonds is 17. The van der Waals surface area contributed by atoms with Crippen molar-refractivity contribution in [2.75, 3.05) is 33.2 Å². The van der Waals surface area contributed by atoms with Crippen LogP contribution in [0.5, 0.6) is 23.0 Å². The zero-order valence-corrected chi connectivity index (χ0v) is 54.7. The van der Waals surface area contributed by atoms with Gasteiger partial charge in [-0.3, -0.25) is 5.32 Å². The van der Waals surface area contributed by atoms with Crippen LogP contribution in [-0.2, 0) is 64.9 Å². The van der Waals surface area contributed by atoms with Crippen molar-refractivity contribution in [1.29, 1.82) is 0 Å². The Bertz CT molecular complexity index is 3810. The summed E-state index contributed by atoms with van der Waals surface area (Å²) in [5.41, 5.74) is 13.6. The van der Waals surface area contributed by atoms with Gasteiger partial charge in [-0.25, -0.2) is 0 Å². The molecule has 10 unspecified atom stereocenters. The number of hydrogen-bond donors (Lipinski definition) is 8. The van der Waals surface area contributed by atoms with Crippen LogP contribution in [-0.4, -0.2) is 92.3 Å². The van der Waals surface area contributed by atoms with E-state index in [4.69, 9.17) is 18.9 Å². The molecule has 1 spiro atoms. The smallest absolute Gasteiger partial charge is 0.165 e. The molecule has 0 radical (unpaired) electrons. The summed E-state index contributed by atoms with van der Waals surface area (Å²) < 4.78 is 30.4. The minimum absolute atomic E-state index is 0.00734. The van der Waals surface area contributed by atoms with Gasteiger partial charge in [0.1, 0.15) is 30.1 Å². The maximum atomic E-state index is 12.9. The summed E-state index contributed by atoms with van der Waals surface area (Å²) in [7, 11) is 0. The van der Waals surface area contributed by atoms with Crippen LogP contribution in [0, 0.1) is 41.4 Å². The molecular formula is C80H97N3O10. The van der Waals surface area contributed by atoms with Crippen molar-refractivity contribution >= 4 is 16.6 Å². The summed E-state index contributed by atoms with van der Waals surface area (Å²) in [5, 5.41) is 77.2. The molecule has 2 fully saturated rings. The summed E-state index contributed by atoms with van der Waals surface area (Å²) in [4.78, 5) is 0. The highest BCUT2D eigenvalue weighted by atomic mass is 16.5. The normalized spacial score (nSPS) is 26.7. The van der Waals surface area contributed by atoms with E-state index in [0.717, 1.165) is 158 Å². The lowest BCUT2D eigenvalue weighted by Gasteiger charge is -2.63. The Morgan fingerprint density at radius 2 is 1.70 bits per heavy atom. The average Bonchev–Trinajstić information content (AvgIpc) is 1.09. The number of benzene rings is 5. The number of hydrogen-bond acceptors (Lipinski definition) is 12. The first kappa shape index (κ1) is 63.8. The Hall–Kier alpha value is -6.60. The van der Waals surface area contributed by atoms with Crippen molar-refractivity contribution in [3.8, 4) is 34.8 Å². The summed E-state index contributed by atoms with van der Waals surface area (Å²) >= 11 is 0. The molecule has 8 bridgehead atoms. The predicted molar refractivity (Wildman–Crippen MR) is 363 cm³/mol. The fourth-order valence-corrected chi connectivity index (χ4v) is 18.8. The van der Waals surface area contributed by atoms with Gasteiger partial charge in [0, 0.05) is 70.2 Å². The van der Waals surface area contributed by atoms with E-state index in [0.29, 0.717) is 55.9 Å². The van der Waals surface area contributed by atoms with Gasteiger partial charge in [-0.15, -0.1) is 0 Å². The molecule has 1 aromatic heterocycles. The molecule has 4 aliphatic carbocycles. The van der Waals surface area contributed by atoms with Crippen molar-refractivity contribution in [3.05, 3.63) is 170 Å². The minimum Gasteiger partial charge on any atom is -0.508 e. The fourth-order valence-electron chi connectivity index (χ4n) is 18.8. The van der Waals surface area contributed by atoms with E-state index < -0.39 is 12.3 Å². The number of fused-ring (bicyclic) bond motifs is 4. The van der Waals surface area contributed by atoms with Crippen LogP contribution in [0.25, 0.3) is 16.6 Å². The molecule has 15 rings (SSSR count). The van der Waals surface area contributed by atoms with E-state index in [9.17, 15) is 30.6 Å². The SMILES string of the molecule is CCCC(C)CC1CC2Cc3c(CO)cc(O)c(c31)OCc1cc(C34c5c6cccc5CCC3C3(CCCCC3)OCC4CC6)cc3cn(cc13)C1=C3COC(CCCC(CCc4ccc(O)c(Cc5cccc(O)c5)c4)C#CC3=CC(NCOCCCO)N1)CC2O. The summed E-state index contributed by atoms with van der Waals surface area (Å²) in [5.74, 6) is 10.2. The van der Waals surface area contributed by atoms with Gasteiger partial charge in [0.2, 0.25) is 0 Å². The number of dihydropyridines is 1. The largest absolute Gasteiger partial charge is 0.508 e. The molecule has 5 aliphatic heterocycles. The number of aromatic nitrogens is 1. The van der Waals surface area contributed by atoms with E-state index in [1.807, 2.05) is 18.2 Å². The second kappa shape index (κ2) is 27.6. The maximum Gasteiger partial charge on any atom is 0.165 e. The van der Waals surface area contributed by atoms with Gasteiger partial charge >= 0.3 is 0 Å². The highest BCUT2D eigenvalue weighted by Crippen LogP contribution is 2.64. The van der Waals surface area contributed by atoms with Crippen molar-refractivity contribution < 1.29 is 49.6 Å². The lowest BCUT2D eigenvalue weighted by molar-refractivity contribution is -0.193. The third-order valence-corrected chi connectivity index (χ3v) is 23.1. The van der Waals surface area contributed by atoms with Crippen LogP contribution in [0.2, 0.25) is 0 Å². The average molecular weight is 1260 g/mol. The Kier molecular flexibility index (Phi) is 18.9. The summed E-state index contributed by atoms with van der Waals surface area (Å²) in [6.07, 6.45) is 24.8. The fraction of sp³-hybridized carbons (Fsp3) is 0.525. The number of phenols is 3. The molecule has 6 heterocycles. The Balaban J connectivity index is 0.936.